The Labute approximate surface area is 281 Å². The molecule has 2 aliphatic carbocycles. The van der Waals surface area contributed by atoms with Gasteiger partial charge in [-0.05, 0) is 108 Å². The summed E-state index contributed by atoms with van der Waals surface area (Å²) in [6.07, 6.45) is 13.1. The molecule has 0 saturated heterocycles. The van der Waals surface area contributed by atoms with Gasteiger partial charge in [0.2, 0.25) is 0 Å². The molecule has 0 aliphatic heterocycles. The zero-order valence-electron chi connectivity index (χ0n) is 27.3. The summed E-state index contributed by atoms with van der Waals surface area (Å²) in [5.41, 5.74) is 9.04. The Balaban J connectivity index is 1.18. The first kappa shape index (κ1) is 30.7. The van der Waals surface area contributed by atoms with Gasteiger partial charge >= 0.3 is 0 Å². The lowest BCUT2D eigenvalue weighted by Crippen LogP contribution is -2.16. The summed E-state index contributed by atoms with van der Waals surface area (Å²) in [6, 6.07) is 19.7. The van der Waals surface area contributed by atoms with E-state index in [1.165, 1.54) is 127 Å². The first-order chi connectivity index (χ1) is 21.2. The second-order valence-electron chi connectivity index (χ2n) is 14.1. The van der Waals surface area contributed by atoms with Gasteiger partial charge in [0.25, 0.3) is 0 Å². The predicted molar refractivity (Wildman–Crippen MR) is 200 cm³/mol. The normalized spacial score (nSPS) is 15.4. The summed E-state index contributed by atoms with van der Waals surface area (Å²) in [5.74, 6) is 0. The number of aryl methyl sites for hydroxylation is 2. The maximum atomic E-state index is 2.58. The van der Waals surface area contributed by atoms with Gasteiger partial charge in [-0.25, -0.2) is 0 Å². The van der Waals surface area contributed by atoms with Crippen molar-refractivity contribution in [2.45, 2.75) is 117 Å². The molecule has 0 saturated carbocycles. The summed E-state index contributed by atoms with van der Waals surface area (Å²) in [4.78, 5) is 11.9. The van der Waals surface area contributed by atoms with Gasteiger partial charge in [-0.2, -0.15) is 0 Å². The van der Waals surface area contributed by atoms with Crippen LogP contribution >= 0.6 is 45.3 Å². The average Bonchev–Trinajstić information content (AvgIpc) is 3.84. The highest BCUT2D eigenvalue weighted by atomic mass is 32.1. The van der Waals surface area contributed by atoms with Crippen molar-refractivity contribution in [3.63, 3.8) is 0 Å². The van der Waals surface area contributed by atoms with Crippen LogP contribution in [0.1, 0.15) is 125 Å². The van der Waals surface area contributed by atoms with Crippen molar-refractivity contribution in [3.05, 3.63) is 80.5 Å². The van der Waals surface area contributed by atoms with E-state index in [1.807, 2.05) is 45.3 Å². The fraction of sp³-hybridized carbons (Fsp3) is 0.450. The molecule has 1 aromatic carbocycles. The second kappa shape index (κ2) is 12.0. The van der Waals surface area contributed by atoms with E-state index in [4.69, 9.17) is 0 Å². The second-order valence-corrected chi connectivity index (χ2v) is 18.5. The Morgan fingerprint density at radius 3 is 1.30 bits per heavy atom. The van der Waals surface area contributed by atoms with Crippen LogP contribution in [0.2, 0.25) is 0 Å². The van der Waals surface area contributed by atoms with Crippen molar-refractivity contribution in [3.8, 4) is 40.4 Å². The fourth-order valence-electron chi connectivity index (χ4n) is 7.39. The van der Waals surface area contributed by atoms with Gasteiger partial charge in [-0.1, -0.05) is 80.1 Å². The first-order valence-corrected chi connectivity index (χ1v) is 20.2. The molecule has 2 aliphatic rings. The zero-order chi connectivity index (χ0) is 30.6. The van der Waals surface area contributed by atoms with Crippen LogP contribution in [0.5, 0.6) is 0 Å². The summed E-state index contributed by atoms with van der Waals surface area (Å²) in [5, 5.41) is 0. The number of hydrogen-bond acceptors (Lipinski definition) is 4. The quantitative estimate of drug-likeness (QED) is 0.117. The van der Waals surface area contributed by atoms with E-state index in [9.17, 15) is 0 Å². The van der Waals surface area contributed by atoms with Crippen LogP contribution in [0.3, 0.4) is 0 Å². The molecule has 4 aromatic heterocycles. The molecule has 0 N–H and O–H groups in total. The highest BCUT2D eigenvalue weighted by Gasteiger charge is 2.43. The van der Waals surface area contributed by atoms with E-state index < -0.39 is 0 Å². The smallest absolute Gasteiger partial charge is 0.0452 e. The van der Waals surface area contributed by atoms with Crippen molar-refractivity contribution in [2.75, 3.05) is 0 Å². The maximum Gasteiger partial charge on any atom is 0.0452 e. The van der Waals surface area contributed by atoms with Gasteiger partial charge in [0.1, 0.15) is 0 Å². The Morgan fingerprint density at radius 2 is 0.886 bits per heavy atom. The molecule has 44 heavy (non-hydrogen) atoms. The van der Waals surface area contributed by atoms with Crippen LogP contribution in [0.4, 0.5) is 0 Å². The molecule has 0 nitrogen and oxygen atoms in total. The minimum atomic E-state index is 0.0160. The standard InChI is InChI=1S/C40H46S4/c1-7-9-11-13-15-25-17-19-33(41-25)35-23-31-37(43-35)27-21-30-28(22-29(27)39(31,3)4)38-32(40(30,5)6)24-36(44-38)34-20-18-26(42-34)16-14-12-10-8-2/h17-24H,7-16H2,1-6H3. The molecule has 0 amide bonds. The molecule has 0 radical (unpaired) electrons. The largest absolute Gasteiger partial charge is 0.139 e. The minimum Gasteiger partial charge on any atom is -0.139 e. The van der Waals surface area contributed by atoms with Crippen molar-refractivity contribution < 1.29 is 0 Å². The lowest BCUT2D eigenvalue weighted by Gasteiger charge is -2.24. The van der Waals surface area contributed by atoms with Crippen molar-refractivity contribution in [1.82, 2.24) is 0 Å². The topological polar surface area (TPSA) is 0 Å². The number of unbranched alkanes of at least 4 members (excludes halogenated alkanes) is 6. The Hall–Kier alpha value is -1.98. The van der Waals surface area contributed by atoms with Gasteiger partial charge in [-0.3, -0.25) is 0 Å². The lowest BCUT2D eigenvalue weighted by molar-refractivity contribution is 0.653. The third-order valence-electron chi connectivity index (χ3n) is 10.2. The number of fused-ring (bicyclic) bond motifs is 6. The lowest BCUT2D eigenvalue weighted by atomic mass is 9.79. The van der Waals surface area contributed by atoms with E-state index >= 15 is 0 Å². The van der Waals surface area contributed by atoms with E-state index in [0.717, 1.165) is 0 Å². The molecule has 0 spiro atoms. The van der Waals surface area contributed by atoms with E-state index in [1.54, 1.807) is 9.75 Å². The van der Waals surface area contributed by atoms with Gasteiger partial charge in [0.15, 0.2) is 0 Å². The Bertz CT molecular complexity index is 1660. The molecule has 7 rings (SSSR count). The monoisotopic (exact) mass is 654 g/mol. The highest BCUT2D eigenvalue weighted by molar-refractivity contribution is 7.24. The van der Waals surface area contributed by atoms with Crippen molar-refractivity contribution >= 4 is 45.3 Å². The van der Waals surface area contributed by atoms with Crippen molar-refractivity contribution in [2.24, 2.45) is 0 Å². The molecule has 0 atom stereocenters. The van der Waals surface area contributed by atoms with Gasteiger partial charge in [-0.15, -0.1) is 45.3 Å². The molecule has 0 unspecified atom stereocenters. The SMILES string of the molecule is CCCCCCc1ccc(-c2cc3c(s2)-c2cc4c(cc2C3(C)C)-c2sc(-c3ccc(CCCCCC)s3)cc2C4(C)C)s1. The Morgan fingerprint density at radius 1 is 0.455 bits per heavy atom. The number of benzene rings is 1. The number of rotatable bonds is 12. The number of hydrogen-bond donors (Lipinski definition) is 0. The maximum absolute atomic E-state index is 2.58. The third-order valence-corrected chi connectivity index (χ3v) is 15.2. The van der Waals surface area contributed by atoms with E-state index in [0.29, 0.717) is 0 Å². The van der Waals surface area contributed by atoms with Crippen LogP contribution in [-0.2, 0) is 23.7 Å². The van der Waals surface area contributed by atoms with Crippen LogP contribution in [0, 0.1) is 0 Å². The van der Waals surface area contributed by atoms with Crippen LogP contribution in [0.25, 0.3) is 40.4 Å². The van der Waals surface area contributed by atoms with E-state index in [-0.39, 0.29) is 10.8 Å². The van der Waals surface area contributed by atoms with E-state index in [2.05, 4.69) is 90.1 Å². The fourth-order valence-corrected chi connectivity index (χ4v) is 12.4. The van der Waals surface area contributed by atoms with Crippen LogP contribution in [-0.4, -0.2) is 0 Å². The van der Waals surface area contributed by atoms with Gasteiger partial charge in [0, 0.05) is 49.8 Å². The highest BCUT2D eigenvalue weighted by Crippen LogP contribution is 2.60. The minimum absolute atomic E-state index is 0.0160. The summed E-state index contributed by atoms with van der Waals surface area (Å²) in [7, 11) is 0. The molecular weight excluding hydrogens is 609 g/mol. The van der Waals surface area contributed by atoms with Crippen LogP contribution in [0.15, 0.2) is 48.5 Å². The zero-order valence-corrected chi connectivity index (χ0v) is 30.6. The molecule has 0 fully saturated rings. The number of thiophene rings is 4. The first-order valence-electron chi connectivity index (χ1n) is 16.9. The van der Waals surface area contributed by atoms with Gasteiger partial charge < -0.3 is 0 Å². The summed E-state index contributed by atoms with van der Waals surface area (Å²) >= 11 is 8.07. The molecule has 0 bridgehead atoms. The average molecular weight is 655 g/mol. The molecule has 4 heterocycles. The molecule has 5 aromatic rings. The Kier molecular flexibility index (Phi) is 8.36. The molecular formula is C40H46S4. The van der Waals surface area contributed by atoms with Gasteiger partial charge in [0.05, 0.1) is 0 Å². The third kappa shape index (κ3) is 5.22. The molecule has 4 heteroatoms. The summed E-state index contributed by atoms with van der Waals surface area (Å²) < 4.78 is 0. The molecule has 230 valence electrons. The van der Waals surface area contributed by atoms with Crippen LogP contribution < -0.4 is 0 Å². The predicted octanol–water partition coefficient (Wildman–Crippen LogP) is 14.1. The van der Waals surface area contributed by atoms with Crippen molar-refractivity contribution in [1.29, 1.82) is 0 Å². The summed E-state index contributed by atoms with van der Waals surface area (Å²) in [6.45, 7) is 14.4.